The fourth-order valence-electron chi connectivity index (χ4n) is 2.82. The minimum Gasteiger partial charge on any atom is -0.497 e. The summed E-state index contributed by atoms with van der Waals surface area (Å²) < 4.78 is 37.9. The van der Waals surface area contributed by atoms with Crippen LogP contribution in [0.3, 0.4) is 0 Å². The lowest BCUT2D eigenvalue weighted by atomic mass is 10.2. The van der Waals surface area contributed by atoms with E-state index >= 15 is 0 Å². The third-order valence-electron chi connectivity index (χ3n) is 4.41. The normalized spacial score (nSPS) is 11.0. The van der Waals surface area contributed by atoms with E-state index in [9.17, 15) is 13.2 Å². The van der Waals surface area contributed by atoms with E-state index in [0.29, 0.717) is 17.0 Å². The molecule has 3 aromatic carbocycles. The lowest BCUT2D eigenvalue weighted by molar-refractivity contribution is 0.102. The summed E-state index contributed by atoms with van der Waals surface area (Å²) in [6.07, 6.45) is 0. The number of ether oxygens (including phenoxy) is 1. The monoisotopic (exact) mass is 450 g/mol. The molecule has 0 aliphatic rings. The summed E-state index contributed by atoms with van der Waals surface area (Å²) in [6.45, 7) is 0. The molecule has 1 amide bonds. The van der Waals surface area contributed by atoms with Gasteiger partial charge in [0.05, 0.1) is 12.0 Å². The molecule has 4 rings (SSSR count). The van der Waals surface area contributed by atoms with Crippen LogP contribution < -0.4 is 14.8 Å². The van der Waals surface area contributed by atoms with Gasteiger partial charge in [-0.3, -0.25) is 14.8 Å². The summed E-state index contributed by atoms with van der Waals surface area (Å²) in [5.74, 6) is 0.377. The first-order valence-electron chi connectivity index (χ1n) is 9.42. The van der Waals surface area contributed by atoms with Crippen molar-refractivity contribution in [3.8, 4) is 17.2 Å². The minimum atomic E-state index is -3.72. The third-order valence-corrected chi connectivity index (χ3v) is 5.81. The summed E-state index contributed by atoms with van der Waals surface area (Å²) in [7, 11) is -2.16. The van der Waals surface area contributed by atoms with Crippen molar-refractivity contribution in [3.05, 3.63) is 84.4 Å². The van der Waals surface area contributed by atoms with Gasteiger partial charge in [-0.1, -0.05) is 29.4 Å². The average Bonchev–Trinajstić information content (AvgIpc) is 3.28. The molecule has 0 saturated carbocycles. The lowest BCUT2D eigenvalue weighted by Gasteiger charge is -2.08. The molecule has 0 aliphatic carbocycles. The molecule has 0 saturated heterocycles. The Morgan fingerprint density at radius 2 is 1.69 bits per heavy atom. The second-order valence-corrected chi connectivity index (χ2v) is 8.28. The van der Waals surface area contributed by atoms with Crippen molar-refractivity contribution in [1.82, 2.24) is 10.2 Å². The average molecular weight is 450 g/mol. The molecule has 0 unspecified atom stereocenters. The third kappa shape index (κ3) is 4.76. The number of hydrogen-bond donors (Lipinski definition) is 2. The van der Waals surface area contributed by atoms with E-state index < -0.39 is 15.9 Å². The number of nitrogens with one attached hydrogen (secondary N) is 2. The number of methoxy groups -OCH3 is 1. The number of nitrogens with zero attached hydrogens (tertiary/aromatic N) is 2. The van der Waals surface area contributed by atoms with E-state index in [2.05, 4.69) is 20.2 Å². The number of benzene rings is 3. The van der Waals surface area contributed by atoms with Crippen molar-refractivity contribution < 1.29 is 22.4 Å². The van der Waals surface area contributed by atoms with Gasteiger partial charge in [0, 0.05) is 16.8 Å². The lowest BCUT2D eigenvalue weighted by Crippen LogP contribution is -2.14. The zero-order valence-electron chi connectivity index (χ0n) is 16.8. The highest BCUT2D eigenvalue weighted by Gasteiger charge is 2.15. The highest BCUT2D eigenvalue weighted by atomic mass is 32.2. The Balaban J connectivity index is 1.43. The van der Waals surface area contributed by atoms with Gasteiger partial charge in [-0.05, 0) is 54.6 Å². The van der Waals surface area contributed by atoms with Crippen LogP contribution in [0.25, 0.3) is 11.5 Å². The standard InChI is InChI=1S/C22H18N4O5S/c1-30-18-7-5-6-16(14-18)21-24-25-22(31-21)23-20(27)15-10-12-17(13-11-15)26-32(28,29)19-8-3-2-4-9-19/h2-14,26H,1H3,(H,23,25,27). The first kappa shape index (κ1) is 21.1. The van der Waals surface area contributed by atoms with Gasteiger partial charge in [-0.25, -0.2) is 8.42 Å². The first-order chi connectivity index (χ1) is 15.4. The smallest absolute Gasteiger partial charge is 0.322 e. The van der Waals surface area contributed by atoms with Gasteiger partial charge in [0.1, 0.15) is 5.75 Å². The fraction of sp³-hybridized carbons (Fsp3) is 0.0455. The molecule has 0 fully saturated rings. The van der Waals surface area contributed by atoms with Crippen molar-refractivity contribution in [2.75, 3.05) is 17.1 Å². The summed E-state index contributed by atoms with van der Waals surface area (Å²) in [4.78, 5) is 12.6. The van der Waals surface area contributed by atoms with E-state index in [1.807, 2.05) is 0 Å². The Labute approximate surface area is 184 Å². The maximum Gasteiger partial charge on any atom is 0.322 e. The summed E-state index contributed by atoms with van der Waals surface area (Å²) in [5, 5.41) is 10.3. The van der Waals surface area contributed by atoms with Crippen LogP contribution in [0.1, 0.15) is 10.4 Å². The van der Waals surface area contributed by atoms with Crippen molar-refractivity contribution in [2.24, 2.45) is 0 Å². The maximum absolute atomic E-state index is 12.5. The van der Waals surface area contributed by atoms with Crippen LogP contribution in [0, 0.1) is 0 Å². The van der Waals surface area contributed by atoms with Crippen LogP contribution in [0.5, 0.6) is 5.75 Å². The van der Waals surface area contributed by atoms with Gasteiger partial charge >= 0.3 is 6.01 Å². The number of amides is 1. The van der Waals surface area contributed by atoms with Gasteiger partial charge in [0.25, 0.3) is 15.9 Å². The predicted molar refractivity (Wildman–Crippen MR) is 118 cm³/mol. The molecule has 0 aliphatic heterocycles. The SMILES string of the molecule is COc1cccc(-c2nnc(NC(=O)c3ccc(NS(=O)(=O)c4ccccc4)cc3)o2)c1. The molecule has 0 spiro atoms. The van der Waals surface area contributed by atoms with E-state index in [0.717, 1.165) is 0 Å². The second-order valence-electron chi connectivity index (χ2n) is 6.59. The molecule has 4 aromatic rings. The van der Waals surface area contributed by atoms with E-state index in [1.165, 1.54) is 36.4 Å². The molecular formula is C22H18N4O5S. The molecule has 0 radical (unpaired) electrons. The van der Waals surface area contributed by atoms with Gasteiger partial charge in [-0.2, -0.15) is 0 Å². The van der Waals surface area contributed by atoms with Crippen LogP contribution in [0.15, 0.2) is 88.2 Å². The van der Waals surface area contributed by atoms with Crippen LogP contribution in [-0.2, 0) is 10.0 Å². The fourth-order valence-corrected chi connectivity index (χ4v) is 3.90. The molecule has 10 heteroatoms. The Bertz CT molecular complexity index is 1340. The zero-order chi connectivity index (χ0) is 22.6. The molecule has 0 bridgehead atoms. The number of carbonyl (C=O) groups is 1. The quantitative estimate of drug-likeness (QED) is 0.439. The predicted octanol–water partition coefficient (Wildman–Crippen LogP) is 3.80. The summed E-state index contributed by atoms with van der Waals surface area (Å²) in [5.41, 5.74) is 1.25. The van der Waals surface area contributed by atoms with Crippen molar-refractivity contribution in [3.63, 3.8) is 0 Å². The van der Waals surface area contributed by atoms with E-state index in [1.54, 1.807) is 49.6 Å². The van der Waals surface area contributed by atoms with Crippen LogP contribution in [-0.4, -0.2) is 31.6 Å². The highest BCUT2D eigenvalue weighted by molar-refractivity contribution is 7.92. The van der Waals surface area contributed by atoms with Gasteiger partial charge in [-0.15, -0.1) is 5.10 Å². The van der Waals surface area contributed by atoms with Crippen molar-refractivity contribution >= 4 is 27.6 Å². The van der Waals surface area contributed by atoms with Gasteiger partial charge in [0.15, 0.2) is 0 Å². The Morgan fingerprint density at radius 3 is 2.41 bits per heavy atom. The Morgan fingerprint density at radius 1 is 0.938 bits per heavy atom. The van der Waals surface area contributed by atoms with Crippen molar-refractivity contribution in [2.45, 2.75) is 4.90 Å². The van der Waals surface area contributed by atoms with Crippen LogP contribution >= 0.6 is 0 Å². The highest BCUT2D eigenvalue weighted by Crippen LogP contribution is 2.24. The molecule has 9 nitrogen and oxygen atoms in total. The van der Waals surface area contributed by atoms with Crippen LogP contribution in [0.2, 0.25) is 0 Å². The molecule has 0 atom stereocenters. The van der Waals surface area contributed by atoms with Crippen LogP contribution in [0.4, 0.5) is 11.7 Å². The molecular weight excluding hydrogens is 432 g/mol. The number of sulfonamides is 1. The first-order valence-corrected chi connectivity index (χ1v) is 10.9. The largest absolute Gasteiger partial charge is 0.497 e. The summed E-state index contributed by atoms with van der Waals surface area (Å²) >= 11 is 0. The molecule has 32 heavy (non-hydrogen) atoms. The van der Waals surface area contributed by atoms with E-state index in [4.69, 9.17) is 9.15 Å². The number of aromatic nitrogens is 2. The number of rotatable bonds is 7. The zero-order valence-corrected chi connectivity index (χ0v) is 17.7. The second kappa shape index (κ2) is 8.90. The molecule has 1 heterocycles. The molecule has 2 N–H and O–H groups in total. The Hall–Kier alpha value is -4.18. The van der Waals surface area contributed by atoms with Crippen molar-refractivity contribution in [1.29, 1.82) is 0 Å². The number of anilines is 2. The van der Waals surface area contributed by atoms with Gasteiger partial charge in [0.2, 0.25) is 5.89 Å². The molecule has 162 valence electrons. The Kier molecular flexibility index (Phi) is 5.86. The number of hydrogen-bond acceptors (Lipinski definition) is 7. The maximum atomic E-state index is 12.5. The summed E-state index contributed by atoms with van der Waals surface area (Å²) in [6, 6.07) is 20.9. The minimum absolute atomic E-state index is 0.0679. The number of carbonyl (C=O) groups excluding carboxylic acids is 1. The van der Waals surface area contributed by atoms with Gasteiger partial charge < -0.3 is 9.15 Å². The topological polar surface area (TPSA) is 123 Å². The molecule has 1 aromatic heterocycles. The van der Waals surface area contributed by atoms with E-state index in [-0.39, 0.29) is 22.4 Å².